The van der Waals surface area contributed by atoms with Gasteiger partial charge in [-0.05, 0) is 48.7 Å². The second-order valence-electron chi connectivity index (χ2n) is 8.28. The molecule has 1 aliphatic rings. The summed E-state index contributed by atoms with van der Waals surface area (Å²) in [5.41, 5.74) is 3.97. The van der Waals surface area contributed by atoms with E-state index in [1.165, 1.54) is 0 Å². The van der Waals surface area contributed by atoms with Gasteiger partial charge in [0.1, 0.15) is 28.8 Å². The van der Waals surface area contributed by atoms with Crippen molar-refractivity contribution in [2.24, 2.45) is 0 Å². The van der Waals surface area contributed by atoms with Gasteiger partial charge in [0.2, 0.25) is 5.89 Å². The van der Waals surface area contributed by atoms with Gasteiger partial charge in [-0.15, -0.1) is 0 Å². The number of methoxy groups -OCH3 is 3. The third-order valence-corrected chi connectivity index (χ3v) is 6.27. The summed E-state index contributed by atoms with van der Waals surface area (Å²) >= 11 is 0. The molecule has 1 saturated heterocycles. The molecule has 0 unspecified atom stereocenters. The van der Waals surface area contributed by atoms with Gasteiger partial charge in [0.05, 0.1) is 27.0 Å². The number of likely N-dealkylation sites (tertiary alicyclic amines) is 1. The maximum Gasteiger partial charge on any atom is 0.322 e. The van der Waals surface area contributed by atoms with Crippen molar-refractivity contribution in [2.75, 3.05) is 33.2 Å². The Morgan fingerprint density at radius 2 is 1.83 bits per heavy atom. The predicted molar refractivity (Wildman–Crippen MR) is 133 cm³/mol. The molecule has 0 saturated carbocycles. The molecule has 1 atom stereocenters. The monoisotopic (exact) mass is 473 g/mol. The molecular weight excluding hydrogens is 446 g/mol. The van der Waals surface area contributed by atoms with E-state index in [1.807, 2.05) is 42.5 Å². The highest BCUT2D eigenvalue weighted by atomic mass is 16.5. The van der Waals surface area contributed by atoms with Gasteiger partial charge in [-0.3, -0.25) is 0 Å². The molecule has 8 nitrogen and oxygen atoms in total. The normalized spacial score (nSPS) is 15.3. The number of nitrogens with one attached hydrogen (secondary N) is 1. The fraction of sp³-hybridized carbons (Fsp3) is 0.259. The van der Waals surface area contributed by atoms with Crippen LogP contribution in [0.25, 0.3) is 22.2 Å². The number of ether oxygens (including phenoxy) is 3. The lowest BCUT2D eigenvalue weighted by molar-refractivity contribution is 0.198. The number of benzene rings is 3. The molecule has 5 rings (SSSR count). The summed E-state index contributed by atoms with van der Waals surface area (Å²) in [7, 11) is 4.80. The smallest absolute Gasteiger partial charge is 0.322 e. The second kappa shape index (κ2) is 9.58. The number of urea groups is 1. The van der Waals surface area contributed by atoms with Crippen molar-refractivity contribution in [1.82, 2.24) is 9.88 Å². The van der Waals surface area contributed by atoms with Crippen LogP contribution in [0.5, 0.6) is 17.2 Å². The number of hydrogen-bond acceptors (Lipinski definition) is 6. The topological polar surface area (TPSA) is 86.1 Å². The van der Waals surface area contributed by atoms with Crippen molar-refractivity contribution in [3.63, 3.8) is 0 Å². The van der Waals surface area contributed by atoms with Crippen LogP contribution < -0.4 is 19.5 Å². The fourth-order valence-corrected chi connectivity index (χ4v) is 4.49. The van der Waals surface area contributed by atoms with E-state index in [4.69, 9.17) is 23.6 Å². The first-order valence-electron chi connectivity index (χ1n) is 11.4. The van der Waals surface area contributed by atoms with Gasteiger partial charge in [0.25, 0.3) is 0 Å². The number of nitrogens with zero attached hydrogens (tertiary/aromatic N) is 2. The molecule has 0 aliphatic carbocycles. The van der Waals surface area contributed by atoms with E-state index in [1.54, 1.807) is 44.4 Å². The highest BCUT2D eigenvalue weighted by Gasteiger charge is 2.34. The molecule has 0 spiro atoms. The Hall–Kier alpha value is -4.20. The van der Waals surface area contributed by atoms with Gasteiger partial charge in [-0.2, -0.15) is 0 Å². The van der Waals surface area contributed by atoms with Crippen LogP contribution in [0.3, 0.4) is 0 Å². The van der Waals surface area contributed by atoms with Crippen molar-refractivity contribution in [2.45, 2.75) is 18.9 Å². The predicted octanol–water partition coefficient (Wildman–Crippen LogP) is 5.89. The van der Waals surface area contributed by atoms with Gasteiger partial charge < -0.3 is 28.8 Å². The molecule has 35 heavy (non-hydrogen) atoms. The summed E-state index contributed by atoms with van der Waals surface area (Å²) in [5, 5.41) is 2.95. The minimum absolute atomic E-state index is 0.229. The number of aromatic nitrogens is 1. The third-order valence-electron chi connectivity index (χ3n) is 6.27. The van der Waals surface area contributed by atoms with Crippen LogP contribution in [0.2, 0.25) is 0 Å². The minimum Gasteiger partial charge on any atom is -0.497 e. The number of carbonyl (C=O) groups is 1. The summed E-state index contributed by atoms with van der Waals surface area (Å²) in [6, 6.07) is 18.5. The first-order chi connectivity index (χ1) is 17.1. The maximum atomic E-state index is 13.2. The van der Waals surface area contributed by atoms with Gasteiger partial charge >= 0.3 is 6.03 Å². The number of fused-ring (bicyclic) bond motifs is 1. The molecule has 8 heteroatoms. The Morgan fingerprint density at radius 1 is 1.00 bits per heavy atom. The van der Waals surface area contributed by atoms with E-state index < -0.39 is 0 Å². The van der Waals surface area contributed by atoms with Gasteiger partial charge in [0.15, 0.2) is 5.58 Å². The zero-order valence-corrected chi connectivity index (χ0v) is 19.9. The Morgan fingerprint density at radius 3 is 2.63 bits per heavy atom. The highest BCUT2D eigenvalue weighted by molar-refractivity contribution is 5.91. The molecule has 1 aliphatic heterocycles. The van der Waals surface area contributed by atoms with Crippen LogP contribution in [0.4, 0.5) is 10.5 Å². The summed E-state index contributed by atoms with van der Waals surface area (Å²) in [4.78, 5) is 19.7. The number of carbonyl (C=O) groups excluding carboxylic acids is 1. The van der Waals surface area contributed by atoms with Crippen LogP contribution in [-0.2, 0) is 0 Å². The molecular formula is C27H27N3O5. The molecule has 3 aromatic carbocycles. The van der Waals surface area contributed by atoms with Crippen molar-refractivity contribution in [3.05, 3.63) is 66.6 Å². The van der Waals surface area contributed by atoms with Crippen molar-refractivity contribution in [1.29, 1.82) is 0 Å². The Kier molecular flexibility index (Phi) is 6.18. The maximum absolute atomic E-state index is 13.2. The first kappa shape index (κ1) is 22.6. The van der Waals surface area contributed by atoms with Crippen molar-refractivity contribution in [3.8, 4) is 28.4 Å². The number of hydrogen-bond donors (Lipinski definition) is 1. The number of amides is 2. The highest BCUT2D eigenvalue weighted by Crippen LogP contribution is 2.37. The number of para-hydroxylation sites is 1. The second-order valence-corrected chi connectivity index (χ2v) is 8.28. The lowest BCUT2D eigenvalue weighted by atomic mass is 10.0. The largest absolute Gasteiger partial charge is 0.497 e. The van der Waals surface area contributed by atoms with Crippen LogP contribution in [0.15, 0.2) is 65.1 Å². The fourth-order valence-electron chi connectivity index (χ4n) is 4.49. The zero-order chi connectivity index (χ0) is 24.4. The van der Waals surface area contributed by atoms with Crippen LogP contribution in [-0.4, -0.2) is 43.8 Å². The molecule has 1 aromatic heterocycles. The third kappa shape index (κ3) is 4.35. The number of rotatable bonds is 6. The summed E-state index contributed by atoms with van der Waals surface area (Å²) in [5.74, 6) is 2.51. The van der Waals surface area contributed by atoms with E-state index in [9.17, 15) is 4.79 Å². The molecule has 4 aromatic rings. The van der Waals surface area contributed by atoms with Crippen LogP contribution in [0.1, 0.15) is 24.8 Å². The molecule has 2 amide bonds. The van der Waals surface area contributed by atoms with Crippen molar-refractivity contribution >= 4 is 22.8 Å². The molecule has 180 valence electrons. The van der Waals surface area contributed by atoms with E-state index in [0.29, 0.717) is 35.2 Å². The van der Waals surface area contributed by atoms with Gasteiger partial charge in [-0.25, -0.2) is 9.78 Å². The summed E-state index contributed by atoms with van der Waals surface area (Å²) < 4.78 is 22.3. The van der Waals surface area contributed by atoms with Gasteiger partial charge in [-0.1, -0.05) is 24.3 Å². The Balaban J connectivity index is 1.40. The van der Waals surface area contributed by atoms with E-state index in [0.717, 1.165) is 35.2 Å². The Labute approximate surface area is 203 Å². The first-order valence-corrected chi connectivity index (χ1v) is 11.4. The lowest BCUT2D eigenvalue weighted by Crippen LogP contribution is -2.34. The molecule has 0 radical (unpaired) electrons. The molecule has 1 N–H and O–H groups in total. The minimum atomic E-state index is -0.249. The van der Waals surface area contributed by atoms with E-state index >= 15 is 0 Å². The SMILES string of the molecule is COc1ccc(NC(=O)N2CCC[C@H]2c2nc3cc(-c4ccccc4OC)ccc3o2)c(OC)c1. The quantitative estimate of drug-likeness (QED) is 0.376. The average molecular weight is 474 g/mol. The molecule has 1 fully saturated rings. The molecule has 2 heterocycles. The average Bonchev–Trinajstić information content (AvgIpc) is 3.55. The standard InChI is InChI=1S/C27H27N3O5/c1-32-18-11-12-20(25(16-18)34-3)29-27(31)30-14-6-8-22(30)26-28-21-15-17(10-13-24(21)35-26)19-7-4-5-9-23(19)33-2/h4-5,7,9-13,15-16,22H,6,8,14H2,1-3H3,(H,29,31)/t22-/m0/s1. The zero-order valence-electron chi connectivity index (χ0n) is 19.9. The van der Waals surface area contributed by atoms with E-state index in [2.05, 4.69) is 5.32 Å². The van der Waals surface area contributed by atoms with Gasteiger partial charge in [0, 0.05) is 18.2 Å². The lowest BCUT2D eigenvalue weighted by Gasteiger charge is -2.23. The van der Waals surface area contributed by atoms with Crippen LogP contribution >= 0.6 is 0 Å². The Bertz CT molecular complexity index is 1370. The summed E-state index contributed by atoms with van der Waals surface area (Å²) in [6.07, 6.45) is 1.64. The number of oxazole rings is 1. The summed E-state index contributed by atoms with van der Waals surface area (Å²) in [6.45, 7) is 0.611. The van der Waals surface area contributed by atoms with Crippen molar-refractivity contribution < 1.29 is 23.4 Å². The van der Waals surface area contributed by atoms with E-state index in [-0.39, 0.29) is 12.1 Å². The molecule has 0 bridgehead atoms. The van der Waals surface area contributed by atoms with Crippen LogP contribution in [0, 0.1) is 0 Å². The number of anilines is 1.